The molecule has 0 aliphatic rings. The van der Waals surface area contributed by atoms with Gasteiger partial charge in [-0.1, -0.05) is 42.5 Å². The van der Waals surface area contributed by atoms with Crippen molar-refractivity contribution in [2.24, 2.45) is 0 Å². The summed E-state index contributed by atoms with van der Waals surface area (Å²) < 4.78 is 10.6. The Kier molecular flexibility index (Phi) is 6.00. The van der Waals surface area contributed by atoms with Crippen molar-refractivity contribution < 1.29 is 19.4 Å². The summed E-state index contributed by atoms with van der Waals surface area (Å²) in [6.07, 6.45) is 0.419. The topological polar surface area (TPSA) is 67.8 Å². The third-order valence-corrected chi connectivity index (χ3v) is 3.60. The van der Waals surface area contributed by atoms with Gasteiger partial charge < -0.3 is 14.6 Å². The normalized spacial score (nSPS) is 11.7. The maximum absolute atomic E-state index is 11.5. The van der Waals surface area contributed by atoms with Gasteiger partial charge >= 0.3 is 5.97 Å². The maximum Gasteiger partial charge on any atom is 0.321 e. The number of carboxylic acids is 1. The number of carboxylic acid groups (broad SMARTS) is 1. The zero-order valence-corrected chi connectivity index (χ0v) is 13.3. The highest BCUT2D eigenvalue weighted by Crippen LogP contribution is 2.30. The third-order valence-electron chi connectivity index (χ3n) is 3.60. The third kappa shape index (κ3) is 4.47. The first-order valence-corrected chi connectivity index (χ1v) is 7.35. The van der Waals surface area contributed by atoms with Gasteiger partial charge in [0.05, 0.1) is 14.2 Å². The minimum absolute atomic E-state index is 0.379. The lowest BCUT2D eigenvalue weighted by atomic mass is 10.1. The van der Waals surface area contributed by atoms with Gasteiger partial charge in [0, 0.05) is 12.1 Å². The van der Waals surface area contributed by atoms with Crippen LogP contribution in [0.5, 0.6) is 11.5 Å². The Bertz CT molecular complexity index is 643. The zero-order chi connectivity index (χ0) is 16.7. The van der Waals surface area contributed by atoms with E-state index in [1.165, 1.54) is 0 Å². The van der Waals surface area contributed by atoms with Crippen LogP contribution in [0.2, 0.25) is 0 Å². The van der Waals surface area contributed by atoms with Gasteiger partial charge in [-0.2, -0.15) is 0 Å². The molecule has 0 aromatic heterocycles. The Balaban J connectivity index is 2.09. The average Bonchev–Trinajstić information content (AvgIpc) is 2.58. The van der Waals surface area contributed by atoms with Crippen LogP contribution in [-0.4, -0.2) is 31.3 Å². The van der Waals surface area contributed by atoms with E-state index in [-0.39, 0.29) is 0 Å². The smallest absolute Gasteiger partial charge is 0.321 e. The van der Waals surface area contributed by atoms with Gasteiger partial charge in [0.2, 0.25) is 0 Å². The summed E-state index contributed by atoms with van der Waals surface area (Å²) in [6, 6.07) is 14.4. The SMILES string of the molecule is COc1cccc(CN[C@@H](Cc2ccccc2)C(=O)O)c1OC. The van der Waals surface area contributed by atoms with E-state index < -0.39 is 12.0 Å². The molecule has 5 nitrogen and oxygen atoms in total. The molecular formula is C18H21NO4. The molecule has 1 atom stereocenters. The Morgan fingerprint density at radius 2 is 1.83 bits per heavy atom. The first kappa shape index (κ1) is 16.8. The first-order valence-electron chi connectivity index (χ1n) is 7.35. The summed E-state index contributed by atoms with van der Waals surface area (Å²) in [7, 11) is 3.14. The number of hydrogen-bond donors (Lipinski definition) is 2. The highest BCUT2D eigenvalue weighted by Gasteiger charge is 2.18. The van der Waals surface area contributed by atoms with E-state index in [1.54, 1.807) is 20.3 Å². The van der Waals surface area contributed by atoms with E-state index in [1.807, 2.05) is 42.5 Å². The lowest BCUT2D eigenvalue weighted by Gasteiger charge is -2.17. The first-order chi connectivity index (χ1) is 11.2. The molecule has 0 saturated carbocycles. The van der Waals surface area contributed by atoms with Crippen LogP contribution in [0.3, 0.4) is 0 Å². The van der Waals surface area contributed by atoms with E-state index in [2.05, 4.69) is 5.32 Å². The molecule has 0 bridgehead atoms. The van der Waals surface area contributed by atoms with Gasteiger partial charge in [-0.05, 0) is 18.1 Å². The van der Waals surface area contributed by atoms with Gasteiger partial charge in [0.25, 0.3) is 0 Å². The molecule has 122 valence electrons. The molecule has 0 radical (unpaired) electrons. The van der Waals surface area contributed by atoms with Crippen LogP contribution in [0, 0.1) is 0 Å². The number of carbonyl (C=O) groups is 1. The van der Waals surface area contributed by atoms with Crippen molar-refractivity contribution in [3.05, 3.63) is 59.7 Å². The highest BCUT2D eigenvalue weighted by atomic mass is 16.5. The van der Waals surface area contributed by atoms with E-state index >= 15 is 0 Å². The lowest BCUT2D eigenvalue weighted by molar-refractivity contribution is -0.139. The number of rotatable bonds is 8. The molecule has 2 rings (SSSR count). The summed E-state index contributed by atoms with van der Waals surface area (Å²) in [5, 5.41) is 12.5. The molecule has 0 heterocycles. The predicted octanol–water partition coefficient (Wildman–Crippen LogP) is 2.49. The van der Waals surface area contributed by atoms with E-state index in [4.69, 9.17) is 9.47 Å². The number of hydrogen-bond acceptors (Lipinski definition) is 4. The summed E-state index contributed by atoms with van der Waals surface area (Å²) >= 11 is 0. The van der Waals surface area contributed by atoms with Crippen LogP contribution in [-0.2, 0) is 17.8 Å². The van der Waals surface area contributed by atoms with E-state index in [9.17, 15) is 9.90 Å². The van der Waals surface area contributed by atoms with Crippen LogP contribution in [0.15, 0.2) is 48.5 Å². The van der Waals surface area contributed by atoms with Crippen molar-refractivity contribution in [1.82, 2.24) is 5.32 Å². The van der Waals surface area contributed by atoms with Crippen LogP contribution < -0.4 is 14.8 Å². The average molecular weight is 315 g/mol. The van der Waals surface area contributed by atoms with Crippen LogP contribution in [0.1, 0.15) is 11.1 Å². The summed E-state index contributed by atoms with van der Waals surface area (Å²) in [6.45, 7) is 0.379. The van der Waals surface area contributed by atoms with Gasteiger partial charge in [-0.15, -0.1) is 0 Å². The van der Waals surface area contributed by atoms with E-state index in [0.717, 1.165) is 11.1 Å². The maximum atomic E-state index is 11.5. The Hall–Kier alpha value is -2.53. The van der Waals surface area contributed by atoms with Crippen molar-refractivity contribution in [3.63, 3.8) is 0 Å². The molecule has 2 N–H and O–H groups in total. The molecule has 5 heteroatoms. The number of methoxy groups -OCH3 is 2. The van der Waals surface area contributed by atoms with Gasteiger partial charge in [-0.3, -0.25) is 10.1 Å². The summed E-state index contributed by atoms with van der Waals surface area (Å²) in [5.41, 5.74) is 1.83. The Labute approximate surface area is 135 Å². The number of aliphatic carboxylic acids is 1. The van der Waals surface area contributed by atoms with Crippen molar-refractivity contribution in [3.8, 4) is 11.5 Å². The fraction of sp³-hybridized carbons (Fsp3) is 0.278. The molecule has 0 spiro atoms. The van der Waals surface area contributed by atoms with Gasteiger partial charge in [0.1, 0.15) is 6.04 Å². The lowest BCUT2D eigenvalue weighted by Crippen LogP contribution is -2.38. The summed E-state index contributed by atoms with van der Waals surface area (Å²) in [4.78, 5) is 11.5. The van der Waals surface area contributed by atoms with Crippen molar-refractivity contribution in [2.45, 2.75) is 19.0 Å². The molecule has 23 heavy (non-hydrogen) atoms. The molecule has 0 unspecified atom stereocenters. The quantitative estimate of drug-likeness (QED) is 0.783. The van der Waals surface area contributed by atoms with Crippen molar-refractivity contribution in [1.29, 1.82) is 0 Å². The number of benzene rings is 2. The second-order valence-electron chi connectivity index (χ2n) is 5.11. The van der Waals surface area contributed by atoms with Crippen LogP contribution >= 0.6 is 0 Å². The van der Waals surface area contributed by atoms with Crippen molar-refractivity contribution in [2.75, 3.05) is 14.2 Å². The second-order valence-corrected chi connectivity index (χ2v) is 5.11. The molecular weight excluding hydrogens is 294 g/mol. The largest absolute Gasteiger partial charge is 0.493 e. The number of ether oxygens (including phenoxy) is 2. The standard InChI is InChI=1S/C18H21NO4/c1-22-16-10-6-9-14(17(16)23-2)12-19-15(18(20)21)11-13-7-4-3-5-8-13/h3-10,15,19H,11-12H2,1-2H3,(H,20,21)/t15-/m0/s1. The molecule has 0 aliphatic carbocycles. The molecule has 2 aromatic carbocycles. The monoisotopic (exact) mass is 315 g/mol. The van der Waals surface area contributed by atoms with E-state index in [0.29, 0.717) is 24.5 Å². The Morgan fingerprint density at radius 1 is 1.09 bits per heavy atom. The predicted molar refractivity (Wildman–Crippen MR) is 88.0 cm³/mol. The minimum atomic E-state index is -0.879. The zero-order valence-electron chi connectivity index (χ0n) is 13.3. The molecule has 0 saturated heterocycles. The number of para-hydroxylation sites is 1. The molecule has 0 aliphatic heterocycles. The van der Waals surface area contributed by atoms with Crippen LogP contribution in [0.4, 0.5) is 0 Å². The molecule has 0 amide bonds. The summed E-state index contributed by atoms with van der Waals surface area (Å²) in [5.74, 6) is 0.365. The highest BCUT2D eigenvalue weighted by molar-refractivity contribution is 5.74. The molecule has 2 aromatic rings. The van der Waals surface area contributed by atoms with Crippen molar-refractivity contribution >= 4 is 5.97 Å². The minimum Gasteiger partial charge on any atom is -0.493 e. The second kappa shape index (κ2) is 8.19. The fourth-order valence-corrected chi connectivity index (χ4v) is 2.42. The Morgan fingerprint density at radius 3 is 2.43 bits per heavy atom. The van der Waals surface area contributed by atoms with Gasteiger partial charge in [0.15, 0.2) is 11.5 Å². The fourth-order valence-electron chi connectivity index (χ4n) is 2.42. The van der Waals surface area contributed by atoms with Gasteiger partial charge in [-0.25, -0.2) is 0 Å². The molecule has 0 fully saturated rings. The van der Waals surface area contributed by atoms with Crippen LogP contribution in [0.25, 0.3) is 0 Å². The number of nitrogens with one attached hydrogen (secondary N) is 1.